The highest BCUT2D eigenvalue weighted by Crippen LogP contribution is 2.27. The van der Waals surface area contributed by atoms with E-state index in [2.05, 4.69) is 9.88 Å². The number of rotatable bonds is 2. The molecule has 0 atom stereocenters. The molecule has 1 saturated carbocycles. The highest BCUT2D eigenvalue weighted by Gasteiger charge is 2.23. The molecular formula is C14H21N3O. The fraction of sp³-hybridized carbons (Fsp3) is 0.714. The summed E-state index contributed by atoms with van der Waals surface area (Å²) in [4.78, 5) is 19.0. The Labute approximate surface area is 108 Å². The van der Waals surface area contributed by atoms with Gasteiger partial charge in [-0.05, 0) is 25.2 Å². The van der Waals surface area contributed by atoms with Crippen molar-refractivity contribution in [1.82, 2.24) is 14.5 Å². The first kappa shape index (κ1) is 11.9. The summed E-state index contributed by atoms with van der Waals surface area (Å²) in [6.45, 7) is 3.29. The summed E-state index contributed by atoms with van der Waals surface area (Å²) in [7, 11) is 1.78. The molecule has 2 aliphatic rings. The second kappa shape index (κ2) is 4.84. The van der Waals surface area contributed by atoms with Gasteiger partial charge in [0.15, 0.2) is 0 Å². The molecule has 1 aromatic rings. The van der Waals surface area contributed by atoms with Crippen LogP contribution < -0.4 is 5.56 Å². The van der Waals surface area contributed by atoms with E-state index in [0.29, 0.717) is 0 Å². The summed E-state index contributed by atoms with van der Waals surface area (Å²) >= 11 is 0. The van der Waals surface area contributed by atoms with Gasteiger partial charge in [-0.15, -0.1) is 0 Å². The van der Waals surface area contributed by atoms with Gasteiger partial charge in [-0.2, -0.15) is 0 Å². The Kier molecular flexibility index (Phi) is 3.20. The van der Waals surface area contributed by atoms with E-state index in [1.165, 1.54) is 25.8 Å². The van der Waals surface area contributed by atoms with Gasteiger partial charge in [0, 0.05) is 38.7 Å². The van der Waals surface area contributed by atoms with Gasteiger partial charge in [-0.1, -0.05) is 6.42 Å². The second-order valence-electron chi connectivity index (χ2n) is 5.68. The third kappa shape index (κ3) is 2.21. The Bertz CT molecular complexity index is 490. The van der Waals surface area contributed by atoms with E-state index in [4.69, 9.17) is 0 Å². The molecule has 1 aromatic heterocycles. The molecule has 98 valence electrons. The molecule has 1 aliphatic heterocycles. The minimum absolute atomic E-state index is 0.144. The molecular weight excluding hydrogens is 226 g/mol. The zero-order chi connectivity index (χ0) is 12.5. The first-order chi connectivity index (χ1) is 8.74. The molecule has 1 aliphatic carbocycles. The van der Waals surface area contributed by atoms with Crippen LogP contribution in [0.15, 0.2) is 11.1 Å². The van der Waals surface area contributed by atoms with Crippen LogP contribution in [0.25, 0.3) is 0 Å². The second-order valence-corrected chi connectivity index (χ2v) is 5.68. The Balaban J connectivity index is 1.73. The van der Waals surface area contributed by atoms with Crippen molar-refractivity contribution in [3.8, 4) is 0 Å². The van der Waals surface area contributed by atoms with Crippen LogP contribution in [0.5, 0.6) is 0 Å². The zero-order valence-corrected chi connectivity index (χ0v) is 11.1. The van der Waals surface area contributed by atoms with Gasteiger partial charge >= 0.3 is 0 Å². The van der Waals surface area contributed by atoms with Gasteiger partial charge in [-0.25, -0.2) is 4.98 Å². The number of aromatic nitrogens is 2. The predicted molar refractivity (Wildman–Crippen MR) is 70.7 cm³/mol. The summed E-state index contributed by atoms with van der Waals surface area (Å²) in [6, 6.07) is 0. The lowest BCUT2D eigenvalue weighted by Gasteiger charge is -2.31. The molecule has 0 radical (unpaired) electrons. The van der Waals surface area contributed by atoms with Gasteiger partial charge in [0.25, 0.3) is 5.56 Å². The Hall–Kier alpha value is -1.16. The Morgan fingerprint density at radius 1 is 1.33 bits per heavy atom. The van der Waals surface area contributed by atoms with Crippen molar-refractivity contribution < 1.29 is 0 Å². The van der Waals surface area contributed by atoms with E-state index in [-0.39, 0.29) is 5.56 Å². The van der Waals surface area contributed by atoms with Gasteiger partial charge in [0.1, 0.15) is 0 Å². The minimum Gasteiger partial charge on any atom is -0.302 e. The summed E-state index contributed by atoms with van der Waals surface area (Å²) in [5.74, 6) is 0.905. The minimum atomic E-state index is 0.144. The molecule has 0 bridgehead atoms. The van der Waals surface area contributed by atoms with Crippen molar-refractivity contribution in [2.75, 3.05) is 19.6 Å². The molecule has 18 heavy (non-hydrogen) atoms. The molecule has 0 spiro atoms. The van der Waals surface area contributed by atoms with Crippen molar-refractivity contribution in [3.63, 3.8) is 0 Å². The molecule has 4 heteroatoms. The summed E-state index contributed by atoms with van der Waals surface area (Å²) < 4.78 is 1.60. The normalized spacial score (nSPS) is 21.2. The molecule has 0 aromatic carbocycles. The number of hydrogen-bond acceptors (Lipinski definition) is 3. The molecule has 4 nitrogen and oxygen atoms in total. The lowest BCUT2D eigenvalue weighted by Crippen LogP contribution is -2.34. The quantitative estimate of drug-likeness (QED) is 0.782. The fourth-order valence-corrected chi connectivity index (χ4v) is 2.96. The van der Waals surface area contributed by atoms with Crippen molar-refractivity contribution in [2.45, 2.75) is 32.1 Å². The summed E-state index contributed by atoms with van der Waals surface area (Å²) in [5, 5.41) is 0. The number of aryl methyl sites for hydroxylation is 1. The number of hydrogen-bond donors (Lipinski definition) is 0. The van der Waals surface area contributed by atoms with E-state index in [1.807, 2.05) is 0 Å². The molecule has 0 N–H and O–H groups in total. The van der Waals surface area contributed by atoms with Gasteiger partial charge in [0.2, 0.25) is 0 Å². The summed E-state index contributed by atoms with van der Waals surface area (Å²) in [5.41, 5.74) is 2.11. The van der Waals surface area contributed by atoms with E-state index >= 15 is 0 Å². The van der Waals surface area contributed by atoms with Crippen LogP contribution in [0.1, 0.15) is 30.5 Å². The van der Waals surface area contributed by atoms with Crippen molar-refractivity contribution >= 4 is 0 Å². The van der Waals surface area contributed by atoms with Crippen LogP contribution in [0.4, 0.5) is 0 Å². The SMILES string of the molecule is Cn1cnc2c(c1=O)CCN(CC1CCC1)CC2. The monoisotopic (exact) mass is 247 g/mol. The molecule has 0 amide bonds. The van der Waals surface area contributed by atoms with Gasteiger partial charge in [-0.3, -0.25) is 4.79 Å². The fourth-order valence-electron chi connectivity index (χ4n) is 2.96. The standard InChI is InChI=1S/C14H21N3O/c1-16-10-15-13-6-8-17(9-11-3-2-4-11)7-5-12(13)14(16)18/h10-11H,2-9H2,1H3. The largest absolute Gasteiger partial charge is 0.302 e. The first-order valence-electron chi connectivity index (χ1n) is 7.00. The number of fused-ring (bicyclic) bond motifs is 1. The van der Waals surface area contributed by atoms with Crippen LogP contribution in [0.3, 0.4) is 0 Å². The summed E-state index contributed by atoms with van der Waals surface area (Å²) in [6.07, 6.45) is 7.64. The lowest BCUT2D eigenvalue weighted by atomic mass is 9.85. The average Bonchev–Trinajstić information content (AvgIpc) is 2.52. The predicted octanol–water partition coefficient (Wildman–Crippen LogP) is 0.981. The van der Waals surface area contributed by atoms with Gasteiger partial charge < -0.3 is 9.47 Å². The molecule has 1 fully saturated rings. The van der Waals surface area contributed by atoms with E-state index in [9.17, 15) is 4.79 Å². The third-order valence-electron chi connectivity index (χ3n) is 4.40. The highest BCUT2D eigenvalue weighted by molar-refractivity contribution is 5.19. The molecule has 2 heterocycles. The lowest BCUT2D eigenvalue weighted by molar-refractivity contribution is 0.183. The smallest absolute Gasteiger partial charge is 0.256 e. The Morgan fingerprint density at radius 3 is 2.83 bits per heavy atom. The van der Waals surface area contributed by atoms with E-state index in [0.717, 1.165) is 43.1 Å². The van der Waals surface area contributed by atoms with E-state index < -0.39 is 0 Å². The van der Waals surface area contributed by atoms with Crippen LogP contribution in [0.2, 0.25) is 0 Å². The highest BCUT2D eigenvalue weighted by atomic mass is 16.1. The van der Waals surface area contributed by atoms with E-state index in [1.54, 1.807) is 17.9 Å². The molecule has 3 rings (SSSR count). The van der Waals surface area contributed by atoms with Crippen LogP contribution in [-0.2, 0) is 19.9 Å². The van der Waals surface area contributed by atoms with Crippen LogP contribution >= 0.6 is 0 Å². The zero-order valence-electron chi connectivity index (χ0n) is 11.1. The van der Waals surface area contributed by atoms with Crippen molar-refractivity contribution in [1.29, 1.82) is 0 Å². The van der Waals surface area contributed by atoms with Crippen LogP contribution in [0, 0.1) is 5.92 Å². The topological polar surface area (TPSA) is 38.1 Å². The van der Waals surface area contributed by atoms with Gasteiger partial charge in [0.05, 0.1) is 12.0 Å². The number of nitrogens with zero attached hydrogens (tertiary/aromatic N) is 3. The maximum absolute atomic E-state index is 12.1. The molecule has 0 unspecified atom stereocenters. The van der Waals surface area contributed by atoms with Crippen LogP contribution in [-0.4, -0.2) is 34.1 Å². The molecule has 0 saturated heterocycles. The third-order valence-corrected chi connectivity index (χ3v) is 4.40. The first-order valence-corrected chi connectivity index (χ1v) is 7.00. The maximum Gasteiger partial charge on any atom is 0.256 e. The van der Waals surface area contributed by atoms with Crippen molar-refractivity contribution in [3.05, 3.63) is 27.9 Å². The maximum atomic E-state index is 12.1. The van der Waals surface area contributed by atoms with Crippen molar-refractivity contribution in [2.24, 2.45) is 13.0 Å². The Morgan fingerprint density at radius 2 is 2.11 bits per heavy atom. The average molecular weight is 247 g/mol.